The van der Waals surface area contributed by atoms with Crippen molar-refractivity contribution in [2.24, 2.45) is 0 Å². The molecule has 0 fully saturated rings. The molecule has 0 saturated heterocycles. The quantitative estimate of drug-likeness (QED) is 0.811. The van der Waals surface area contributed by atoms with Gasteiger partial charge in [0.2, 0.25) is 0 Å². The zero-order valence-electron chi connectivity index (χ0n) is 11.6. The molecular formula is C15H19NO4. The Hall–Kier alpha value is -1.98. The first kappa shape index (κ1) is 14.4. The van der Waals surface area contributed by atoms with Crippen LogP contribution in [-0.2, 0) is 6.54 Å². The molecule has 2 N–H and O–H groups in total. The van der Waals surface area contributed by atoms with Gasteiger partial charge in [-0.3, -0.25) is 0 Å². The number of aliphatic hydroxyl groups is 1. The third-order valence-electron chi connectivity index (χ3n) is 3.01. The predicted octanol–water partition coefficient (Wildman–Crippen LogP) is 2.12. The van der Waals surface area contributed by atoms with Crippen LogP contribution >= 0.6 is 0 Å². The Morgan fingerprint density at radius 1 is 1.25 bits per heavy atom. The van der Waals surface area contributed by atoms with Crippen molar-refractivity contribution in [3.63, 3.8) is 0 Å². The number of nitrogens with one attached hydrogen (secondary N) is 1. The summed E-state index contributed by atoms with van der Waals surface area (Å²) in [5.41, 5.74) is 0.971. The van der Waals surface area contributed by atoms with E-state index >= 15 is 0 Å². The summed E-state index contributed by atoms with van der Waals surface area (Å²) in [5.74, 6) is 2.11. The minimum Gasteiger partial charge on any atom is -0.497 e. The van der Waals surface area contributed by atoms with Gasteiger partial charge in [-0.1, -0.05) is 0 Å². The van der Waals surface area contributed by atoms with E-state index in [-0.39, 0.29) is 0 Å². The summed E-state index contributed by atoms with van der Waals surface area (Å²) >= 11 is 0. The first-order chi connectivity index (χ1) is 9.74. The van der Waals surface area contributed by atoms with Crippen molar-refractivity contribution < 1.29 is 19.0 Å². The summed E-state index contributed by atoms with van der Waals surface area (Å²) in [6.07, 6.45) is 0.880. The van der Waals surface area contributed by atoms with Gasteiger partial charge in [0.25, 0.3) is 0 Å². The van der Waals surface area contributed by atoms with Crippen molar-refractivity contribution in [2.75, 3.05) is 20.8 Å². The minimum atomic E-state index is -0.665. The van der Waals surface area contributed by atoms with Gasteiger partial charge in [-0.15, -0.1) is 0 Å². The summed E-state index contributed by atoms with van der Waals surface area (Å²) in [7, 11) is 3.25. The molecule has 0 amide bonds. The Balaban J connectivity index is 1.93. The second-order valence-electron chi connectivity index (χ2n) is 4.34. The highest BCUT2D eigenvalue weighted by atomic mass is 16.5. The van der Waals surface area contributed by atoms with Gasteiger partial charge in [0.1, 0.15) is 23.4 Å². The monoisotopic (exact) mass is 277 g/mol. The zero-order valence-corrected chi connectivity index (χ0v) is 11.6. The first-order valence-corrected chi connectivity index (χ1v) is 6.37. The molecule has 1 atom stereocenters. The van der Waals surface area contributed by atoms with Gasteiger partial charge in [-0.25, -0.2) is 0 Å². The molecule has 0 aliphatic heterocycles. The van der Waals surface area contributed by atoms with Crippen LogP contribution in [0.15, 0.2) is 41.0 Å². The molecule has 1 aromatic carbocycles. The molecule has 5 heteroatoms. The molecule has 108 valence electrons. The number of benzene rings is 1. The maximum atomic E-state index is 9.90. The second-order valence-corrected chi connectivity index (χ2v) is 4.34. The molecule has 0 spiro atoms. The molecule has 0 saturated carbocycles. The van der Waals surface area contributed by atoms with Crippen LogP contribution < -0.4 is 14.8 Å². The highest BCUT2D eigenvalue weighted by Gasteiger charge is 2.10. The molecule has 2 aromatic rings. The van der Waals surface area contributed by atoms with Crippen molar-refractivity contribution in [3.8, 4) is 11.5 Å². The Morgan fingerprint density at radius 3 is 2.75 bits per heavy atom. The minimum absolute atomic E-state index is 0.397. The van der Waals surface area contributed by atoms with Gasteiger partial charge in [-0.05, 0) is 30.3 Å². The van der Waals surface area contributed by atoms with Crippen LogP contribution in [0.2, 0.25) is 0 Å². The van der Waals surface area contributed by atoms with E-state index in [4.69, 9.17) is 13.9 Å². The van der Waals surface area contributed by atoms with Gasteiger partial charge in [-0.2, -0.15) is 0 Å². The molecule has 20 heavy (non-hydrogen) atoms. The fraction of sp³-hybridized carbons (Fsp3) is 0.333. The maximum Gasteiger partial charge on any atom is 0.133 e. The van der Waals surface area contributed by atoms with Gasteiger partial charge >= 0.3 is 0 Å². The number of aliphatic hydroxyl groups excluding tert-OH is 1. The van der Waals surface area contributed by atoms with Crippen molar-refractivity contribution in [2.45, 2.75) is 12.6 Å². The largest absolute Gasteiger partial charge is 0.497 e. The topological polar surface area (TPSA) is 63.9 Å². The standard InChI is InChI=1S/C15H19NO4/c1-18-12-5-6-14(19-2)11(8-12)9-16-10-13(17)15-4-3-7-20-15/h3-8,13,16-17H,9-10H2,1-2H3. The number of methoxy groups -OCH3 is 2. The van der Waals surface area contributed by atoms with E-state index in [2.05, 4.69) is 5.32 Å². The maximum absolute atomic E-state index is 9.90. The first-order valence-electron chi connectivity index (χ1n) is 6.37. The van der Waals surface area contributed by atoms with Crippen molar-refractivity contribution in [3.05, 3.63) is 47.9 Å². The molecule has 5 nitrogen and oxygen atoms in total. The molecule has 2 rings (SSSR count). The van der Waals surface area contributed by atoms with E-state index in [9.17, 15) is 5.11 Å². The van der Waals surface area contributed by atoms with Crippen LogP contribution in [-0.4, -0.2) is 25.9 Å². The Bertz CT molecular complexity index is 525. The number of ether oxygens (including phenoxy) is 2. The normalized spacial score (nSPS) is 12.2. The lowest BCUT2D eigenvalue weighted by atomic mass is 10.2. The molecule has 1 heterocycles. The van der Waals surface area contributed by atoms with Crippen molar-refractivity contribution >= 4 is 0 Å². The third-order valence-corrected chi connectivity index (χ3v) is 3.01. The van der Waals surface area contributed by atoms with E-state index < -0.39 is 6.10 Å². The van der Waals surface area contributed by atoms with Crippen LogP contribution in [0.25, 0.3) is 0 Å². The van der Waals surface area contributed by atoms with Gasteiger partial charge < -0.3 is 24.3 Å². The van der Waals surface area contributed by atoms with Crippen LogP contribution in [0, 0.1) is 0 Å². The highest BCUT2D eigenvalue weighted by molar-refractivity contribution is 5.40. The SMILES string of the molecule is COc1ccc(OC)c(CNCC(O)c2ccco2)c1. The van der Waals surface area contributed by atoms with Crippen molar-refractivity contribution in [1.29, 1.82) is 0 Å². The average Bonchev–Trinajstić information content (AvgIpc) is 3.01. The summed E-state index contributed by atoms with van der Waals surface area (Å²) in [4.78, 5) is 0. The van der Waals surface area contributed by atoms with E-state index in [1.165, 1.54) is 0 Å². The van der Waals surface area contributed by atoms with Crippen LogP contribution in [0.1, 0.15) is 17.4 Å². The van der Waals surface area contributed by atoms with E-state index in [0.29, 0.717) is 18.8 Å². The molecule has 0 bridgehead atoms. The van der Waals surface area contributed by atoms with Crippen LogP contribution in [0.4, 0.5) is 0 Å². The highest BCUT2D eigenvalue weighted by Crippen LogP contribution is 2.23. The predicted molar refractivity (Wildman–Crippen MR) is 74.9 cm³/mol. The number of furan rings is 1. The van der Waals surface area contributed by atoms with Gasteiger partial charge in [0, 0.05) is 18.7 Å². The third kappa shape index (κ3) is 3.53. The summed E-state index contributed by atoms with van der Waals surface area (Å²) in [5, 5.41) is 13.1. The number of hydrogen-bond donors (Lipinski definition) is 2. The van der Waals surface area contributed by atoms with Crippen molar-refractivity contribution in [1.82, 2.24) is 5.32 Å². The number of rotatable bonds is 7. The average molecular weight is 277 g/mol. The Morgan fingerprint density at radius 2 is 2.10 bits per heavy atom. The fourth-order valence-electron chi connectivity index (χ4n) is 1.95. The molecule has 0 aliphatic carbocycles. The summed E-state index contributed by atoms with van der Waals surface area (Å²) in [6, 6.07) is 9.12. The lowest BCUT2D eigenvalue weighted by Gasteiger charge is -2.13. The Kier molecular flexibility index (Phi) is 5.03. The van der Waals surface area contributed by atoms with Crippen LogP contribution in [0.3, 0.4) is 0 Å². The molecule has 0 radical (unpaired) electrons. The van der Waals surface area contributed by atoms with E-state index in [1.54, 1.807) is 32.6 Å². The van der Waals surface area contributed by atoms with Crippen LogP contribution in [0.5, 0.6) is 11.5 Å². The molecule has 1 aromatic heterocycles. The summed E-state index contributed by atoms with van der Waals surface area (Å²) < 4.78 is 15.6. The fourth-order valence-corrected chi connectivity index (χ4v) is 1.95. The van der Waals surface area contributed by atoms with E-state index in [1.807, 2.05) is 18.2 Å². The molecular weight excluding hydrogens is 258 g/mol. The lowest BCUT2D eigenvalue weighted by Crippen LogP contribution is -2.21. The molecule has 0 aliphatic rings. The zero-order chi connectivity index (χ0) is 14.4. The smallest absolute Gasteiger partial charge is 0.133 e. The second kappa shape index (κ2) is 6.98. The van der Waals surface area contributed by atoms with E-state index in [0.717, 1.165) is 17.1 Å². The van der Waals surface area contributed by atoms with Gasteiger partial charge in [0.15, 0.2) is 0 Å². The number of hydrogen-bond acceptors (Lipinski definition) is 5. The van der Waals surface area contributed by atoms with Gasteiger partial charge in [0.05, 0.1) is 20.5 Å². The molecule has 1 unspecified atom stereocenters. The Labute approximate surface area is 118 Å². The summed E-state index contributed by atoms with van der Waals surface area (Å²) in [6.45, 7) is 0.964. The lowest BCUT2D eigenvalue weighted by molar-refractivity contribution is 0.147.